The van der Waals surface area contributed by atoms with E-state index in [1.165, 1.54) is 23.3 Å². The summed E-state index contributed by atoms with van der Waals surface area (Å²) in [5.74, 6) is -0.209. The first-order chi connectivity index (χ1) is 8.09. The molecule has 0 aliphatic carbocycles. The molecule has 0 nitrogen and oxygen atoms in total. The molecule has 0 N–H and O–H groups in total. The monoisotopic (exact) mass is 356 g/mol. The van der Waals surface area contributed by atoms with Gasteiger partial charge in [0.15, 0.2) is 0 Å². The van der Waals surface area contributed by atoms with Crippen LogP contribution in [0.1, 0.15) is 21.5 Å². The SMILES string of the molecule is Cc1c(Br)cccc1C(Br)c1ccc(F)cc1. The standard InChI is InChI=1S/C14H11Br2F/c1-9-12(3-2-4-13(9)15)14(16)10-5-7-11(17)8-6-10/h2-8,14H,1H3. The molecule has 0 fully saturated rings. The molecule has 0 saturated carbocycles. The van der Waals surface area contributed by atoms with E-state index in [9.17, 15) is 4.39 Å². The van der Waals surface area contributed by atoms with Gasteiger partial charge in [-0.05, 0) is 41.8 Å². The van der Waals surface area contributed by atoms with Crippen LogP contribution < -0.4 is 0 Å². The van der Waals surface area contributed by atoms with Crippen LogP contribution >= 0.6 is 31.9 Å². The molecule has 3 heteroatoms. The summed E-state index contributed by atoms with van der Waals surface area (Å²) in [6.07, 6.45) is 0. The number of hydrogen-bond donors (Lipinski definition) is 0. The second kappa shape index (κ2) is 5.32. The van der Waals surface area contributed by atoms with E-state index in [0.29, 0.717) is 0 Å². The average Bonchev–Trinajstić information content (AvgIpc) is 2.33. The Morgan fingerprint density at radius 2 is 1.71 bits per heavy atom. The summed E-state index contributed by atoms with van der Waals surface area (Å²) < 4.78 is 14.0. The zero-order chi connectivity index (χ0) is 12.4. The van der Waals surface area contributed by atoms with E-state index in [-0.39, 0.29) is 10.6 Å². The second-order valence-corrected chi connectivity index (χ2v) is 5.64. The Balaban J connectivity index is 2.40. The highest BCUT2D eigenvalue weighted by Gasteiger charge is 2.13. The third-order valence-corrected chi connectivity index (χ3v) is 4.63. The van der Waals surface area contributed by atoms with Crippen LogP contribution in [-0.2, 0) is 0 Å². The van der Waals surface area contributed by atoms with Crippen LogP contribution in [0.25, 0.3) is 0 Å². The molecule has 0 saturated heterocycles. The summed E-state index contributed by atoms with van der Waals surface area (Å²) in [7, 11) is 0. The Morgan fingerprint density at radius 1 is 1.06 bits per heavy atom. The van der Waals surface area contributed by atoms with Crippen molar-refractivity contribution in [3.63, 3.8) is 0 Å². The van der Waals surface area contributed by atoms with Crippen molar-refractivity contribution in [2.45, 2.75) is 11.8 Å². The average molecular weight is 358 g/mol. The third-order valence-electron chi connectivity index (χ3n) is 2.75. The fourth-order valence-electron chi connectivity index (χ4n) is 1.71. The molecular formula is C14H11Br2F. The summed E-state index contributed by atoms with van der Waals surface area (Å²) in [4.78, 5) is 0.0839. The molecule has 1 atom stereocenters. The van der Waals surface area contributed by atoms with E-state index < -0.39 is 0 Å². The van der Waals surface area contributed by atoms with Crippen LogP contribution in [0.3, 0.4) is 0 Å². The molecule has 1 unspecified atom stereocenters. The van der Waals surface area contributed by atoms with Crippen molar-refractivity contribution in [3.8, 4) is 0 Å². The first kappa shape index (κ1) is 12.8. The lowest BCUT2D eigenvalue weighted by Gasteiger charge is -2.14. The highest BCUT2D eigenvalue weighted by atomic mass is 79.9. The van der Waals surface area contributed by atoms with Crippen molar-refractivity contribution >= 4 is 31.9 Å². The van der Waals surface area contributed by atoms with E-state index in [4.69, 9.17) is 0 Å². The van der Waals surface area contributed by atoms with Gasteiger partial charge in [-0.15, -0.1) is 0 Å². The summed E-state index contributed by atoms with van der Waals surface area (Å²) in [6, 6.07) is 12.7. The number of halogens is 3. The zero-order valence-electron chi connectivity index (χ0n) is 9.25. The maximum absolute atomic E-state index is 12.9. The van der Waals surface area contributed by atoms with Crippen LogP contribution in [0.2, 0.25) is 0 Å². The Hall–Kier alpha value is -0.670. The summed E-state index contributed by atoms with van der Waals surface area (Å²) in [5.41, 5.74) is 3.43. The molecule has 2 aromatic rings. The van der Waals surface area contributed by atoms with E-state index in [0.717, 1.165) is 10.0 Å². The first-order valence-electron chi connectivity index (χ1n) is 5.24. The van der Waals surface area contributed by atoms with Crippen molar-refractivity contribution in [1.29, 1.82) is 0 Å². The van der Waals surface area contributed by atoms with Gasteiger partial charge in [0.1, 0.15) is 5.82 Å². The second-order valence-electron chi connectivity index (χ2n) is 3.87. The largest absolute Gasteiger partial charge is 0.207 e. The molecule has 0 bridgehead atoms. The lowest BCUT2D eigenvalue weighted by Crippen LogP contribution is -1.96. The number of alkyl halides is 1. The third kappa shape index (κ3) is 2.78. The molecule has 88 valence electrons. The Morgan fingerprint density at radius 3 is 2.35 bits per heavy atom. The van der Waals surface area contributed by atoms with Crippen LogP contribution in [0.15, 0.2) is 46.9 Å². The number of rotatable bonds is 2. The molecule has 2 aromatic carbocycles. The van der Waals surface area contributed by atoms with E-state index in [1.807, 2.05) is 12.1 Å². The van der Waals surface area contributed by atoms with E-state index >= 15 is 0 Å². The molecule has 0 aromatic heterocycles. The summed E-state index contributed by atoms with van der Waals surface area (Å²) in [5, 5.41) is 0. The van der Waals surface area contributed by atoms with Crippen LogP contribution in [-0.4, -0.2) is 0 Å². The predicted molar refractivity (Wildman–Crippen MR) is 76.0 cm³/mol. The lowest BCUT2D eigenvalue weighted by atomic mass is 10.0. The Kier molecular flexibility index (Phi) is 4.00. The molecule has 0 aliphatic rings. The van der Waals surface area contributed by atoms with Gasteiger partial charge in [-0.1, -0.05) is 56.1 Å². The van der Waals surface area contributed by atoms with Gasteiger partial charge in [0.05, 0.1) is 4.83 Å². The van der Waals surface area contributed by atoms with Crippen LogP contribution in [0, 0.1) is 12.7 Å². The molecular weight excluding hydrogens is 347 g/mol. The van der Waals surface area contributed by atoms with Crippen LogP contribution in [0.5, 0.6) is 0 Å². The Bertz CT molecular complexity index is 520. The van der Waals surface area contributed by atoms with Gasteiger partial charge < -0.3 is 0 Å². The van der Waals surface area contributed by atoms with E-state index in [2.05, 4.69) is 44.8 Å². The fourth-order valence-corrected chi connectivity index (χ4v) is 2.89. The van der Waals surface area contributed by atoms with Gasteiger partial charge in [-0.2, -0.15) is 0 Å². The topological polar surface area (TPSA) is 0 Å². The highest BCUT2D eigenvalue weighted by molar-refractivity contribution is 9.10. The number of benzene rings is 2. The number of hydrogen-bond acceptors (Lipinski definition) is 0. The summed E-state index contributed by atoms with van der Waals surface area (Å²) in [6.45, 7) is 2.07. The minimum Gasteiger partial charge on any atom is -0.207 e. The first-order valence-corrected chi connectivity index (χ1v) is 6.95. The molecule has 17 heavy (non-hydrogen) atoms. The van der Waals surface area contributed by atoms with Crippen molar-refractivity contribution in [1.82, 2.24) is 0 Å². The predicted octanol–water partition coefficient (Wildman–Crippen LogP) is 5.38. The molecule has 0 radical (unpaired) electrons. The van der Waals surface area contributed by atoms with Crippen molar-refractivity contribution in [2.24, 2.45) is 0 Å². The minimum atomic E-state index is -0.209. The van der Waals surface area contributed by atoms with Gasteiger partial charge in [-0.3, -0.25) is 0 Å². The van der Waals surface area contributed by atoms with Gasteiger partial charge in [0.25, 0.3) is 0 Å². The zero-order valence-corrected chi connectivity index (χ0v) is 12.4. The van der Waals surface area contributed by atoms with Gasteiger partial charge in [0.2, 0.25) is 0 Å². The molecule has 0 spiro atoms. The minimum absolute atomic E-state index is 0.0839. The quantitative estimate of drug-likeness (QED) is 0.633. The highest BCUT2D eigenvalue weighted by Crippen LogP contribution is 2.35. The Labute approximate surface area is 117 Å². The molecule has 0 aliphatic heterocycles. The molecule has 0 amide bonds. The molecule has 2 rings (SSSR count). The van der Waals surface area contributed by atoms with Crippen LogP contribution in [0.4, 0.5) is 4.39 Å². The molecule has 0 heterocycles. The lowest BCUT2D eigenvalue weighted by molar-refractivity contribution is 0.627. The van der Waals surface area contributed by atoms with Crippen molar-refractivity contribution in [2.75, 3.05) is 0 Å². The van der Waals surface area contributed by atoms with Gasteiger partial charge in [-0.25, -0.2) is 4.39 Å². The van der Waals surface area contributed by atoms with Crippen molar-refractivity contribution in [3.05, 3.63) is 69.4 Å². The normalized spacial score (nSPS) is 12.5. The fraction of sp³-hybridized carbons (Fsp3) is 0.143. The summed E-state index contributed by atoms with van der Waals surface area (Å²) >= 11 is 7.18. The van der Waals surface area contributed by atoms with E-state index in [1.54, 1.807) is 12.1 Å². The maximum Gasteiger partial charge on any atom is 0.123 e. The maximum atomic E-state index is 12.9. The van der Waals surface area contributed by atoms with Gasteiger partial charge in [0, 0.05) is 4.47 Å². The van der Waals surface area contributed by atoms with Crippen molar-refractivity contribution < 1.29 is 4.39 Å². The smallest absolute Gasteiger partial charge is 0.123 e. The van der Waals surface area contributed by atoms with Gasteiger partial charge >= 0.3 is 0 Å².